The molecule has 7 nitrogen and oxygen atoms in total. The lowest BCUT2D eigenvalue weighted by atomic mass is 10.2. The number of hydrogen-bond donors (Lipinski definition) is 1. The minimum Gasteiger partial charge on any atom is -0.478 e. The summed E-state index contributed by atoms with van der Waals surface area (Å²) < 4.78 is 58.8. The van der Waals surface area contributed by atoms with Crippen LogP contribution in [0, 0.1) is 5.82 Å². The van der Waals surface area contributed by atoms with Gasteiger partial charge in [0.05, 0.1) is 10.7 Å². The first-order valence-corrected chi connectivity index (χ1v) is 8.07. The van der Waals surface area contributed by atoms with E-state index < -0.39 is 46.2 Å². The molecule has 0 spiro atoms. The molecule has 1 saturated carbocycles. The number of benzene rings is 1. The first-order valence-electron chi connectivity index (χ1n) is 7.69. The van der Waals surface area contributed by atoms with Crippen LogP contribution in [-0.2, 0) is 18.0 Å². The number of ether oxygens (including phenoxy) is 1. The lowest BCUT2D eigenvalue weighted by Crippen LogP contribution is -2.41. The lowest BCUT2D eigenvalue weighted by Gasteiger charge is -2.17. The Kier molecular flexibility index (Phi) is 4.53. The number of alkyl halides is 3. The zero-order valence-corrected chi connectivity index (χ0v) is 14.8. The standard InChI is InChI=1S/C16H11ClF4N2O5/c1-22-11(16(19,20)21)6-12(24)23(14(22)27)9-5-10(7(17)4-8(9)18)28-15(2-3-15)13(25)26/h4-6H,2-3H2,1H3,(H,25,26). The number of nitrogens with zero attached hydrogens (tertiary/aromatic N) is 2. The molecule has 1 aliphatic rings. The molecule has 28 heavy (non-hydrogen) atoms. The van der Waals surface area contributed by atoms with Gasteiger partial charge >= 0.3 is 17.8 Å². The highest BCUT2D eigenvalue weighted by Crippen LogP contribution is 2.43. The summed E-state index contributed by atoms with van der Waals surface area (Å²) in [6.45, 7) is 0. The smallest absolute Gasteiger partial charge is 0.431 e. The number of carbonyl (C=O) groups is 1. The van der Waals surface area contributed by atoms with Crippen molar-refractivity contribution < 1.29 is 32.2 Å². The molecule has 12 heteroatoms. The Morgan fingerprint density at radius 3 is 2.36 bits per heavy atom. The van der Waals surface area contributed by atoms with Gasteiger partial charge in [-0.05, 0) is 6.07 Å². The van der Waals surface area contributed by atoms with Crippen LogP contribution in [-0.4, -0.2) is 25.8 Å². The van der Waals surface area contributed by atoms with Crippen LogP contribution in [0.4, 0.5) is 17.6 Å². The van der Waals surface area contributed by atoms with E-state index in [4.69, 9.17) is 16.3 Å². The van der Waals surface area contributed by atoms with Gasteiger partial charge in [-0.1, -0.05) is 11.6 Å². The van der Waals surface area contributed by atoms with Gasteiger partial charge in [-0.2, -0.15) is 13.2 Å². The topological polar surface area (TPSA) is 90.5 Å². The second-order valence-electron chi connectivity index (χ2n) is 6.18. The highest BCUT2D eigenvalue weighted by molar-refractivity contribution is 6.32. The van der Waals surface area contributed by atoms with Gasteiger partial charge in [-0.25, -0.2) is 18.5 Å². The van der Waals surface area contributed by atoms with Crippen molar-refractivity contribution in [2.45, 2.75) is 24.6 Å². The van der Waals surface area contributed by atoms with E-state index in [0.717, 1.165) is 13.1 Å². The maximum atomic E-state index is 14.4. The van der Waals surface area contributed by atoms with E-state index in [9.17, 15) is 37.1 Å². The predicted molar refractivity (Wildman–Crippen MR) is 87.5 cm³/mol. The minimum atomic E-state index is -4.97. The van der Waals surface area contributed by atoms with Crippen molar-refractivity contribution in [1.29, 1.82) is 0 Å². The van der Waals surface area contributed by atoms with Crippen molar-refractivity contribution in [2.75, 3.05) is 0 Å². The molecule has 0 unspecified atom stereocenters. The summed E-state index contributed by atoms with van der Waals surface area (Å²) in [6.07, 6.45) is -4.65. The summed E-state index contributed by atoms with van der Waals surface area (Å²) in [6, 6.07) is 1.63. The van der Waals surface area contributed by atoms with Gasteiger partial charge in [0, 0.05) is 32.0 Å². The quantitative estimate of drug-likeness (QED) is 0.764. The first kappa shape index (κ1) is 19.9. The minimum absolute atomic E-state index is 0.148. The van der Waals surface area contributed by atoms with Gasteiger partial charge in [0.1, 0.15) is 17.3 Å². The average Bonchev–Trinajstić information content (AvgIpc) is 3.35. The molecule has 1 fully saturated rings. The number of hydrogen-bond acceptors (Lipinski definition) is 4. The van der Waals surface area contributed by atoms with Crippen LogP contribution < -0.4 is 16.0 Å². The number of aromatic nitrogens is 2. The molecule has 0 atom stereocenters. The Bertz CT molecular complexity index is 1100. The second kappa shape index (κ2) is 6.36. The van der Waals surface area contributed by atoms with Gasteiger partial charge < -0.3 is 9.84 Å². The Balaban J connectivity index is 2.19. The highest BCUT2D eigenvalue weighted by atomic mass is 35.5. The average molecular weight is 423 g/mol. The van der Waals surface area contributed by atoms with Gasteiger partial charge in [0.2, 0.25) is 5.60 Å². The van der Waals surface area contributed by atoms with E-state index in [1.807, 2.05) is 0 Å². The zero-order valence-electron chi connectivity index (χ0n) is 14.0. The fourth-order valence-electron chi connectivity index (χ4n) is 2.57. The molecule has 1 heterocycles. The van der Waals surface area contributed by atoms with Crippen molar-refractivity contribution in [3.63, 3.8) is 0 Å². The van der Waals surface area contributed by atoms with Gasteiger partial charge in [-0.3, -0.25) is 9.36 Å². The molecule has 0 radical (unpaired) electrons. The maximum Gasteiger partial charge on any atom is 0.431 e. The molecule has 1 aromatic carbocycles. The fraction of sp³-hybridized carbons (Fsp3) is 0.312. The molecule has 1 aliphatic carbocycles. The maximum absolute atomic E-state index is 14.4. The van der Waals surface area contributed by atoms with Crippen LogP contribution in [0.5, 0.6) is 5.75 Å². The number of halogens is 5. The monoisotopic (exact) mass is 422 g/mol. The summed E-state index contributed by atoms with van der Waals surface area (Å²) in [7, 11) is 0.774. The van der Waals surface area contributed by atoms with Crippen LogP contribution in [0.3, 0.4) is 0 Å². The summed E-state index contributed by atoms with van der Waals surface area (Å²) in [5.74, 6) is -2.79. The van der Waals surface area contributed by atoms with E-state index in [1.54, 1.807) is 0 Å². The summed E-state index contributed by atoms with van der Waals surface area (Å²) in [4.78, 5) is 35.7. The number of rotatable bonds is 4. The van der Waals surface area contributed by atoms with Gasteiger partial charge in [0.25, 0.3) is 5.56 Å². The molecule has 150 valence electrons. The van der Waals surface area contributed by atoms with E-state index in [0.29, 0.717) is 6.07 Å². The van der Waals surface area contributed by atoms with Crippen molar-refractivity contribution in [2.24, 2.45) is 7.05 Å². The van der Waals surface area contributed by atoms with Crippen LogP contribution in [0.2, 0.25) is 5.02 Å². The summed E-state index contributed by atoms with van der Waals surface area (Å²) >= 11 is 5.85. The molecule has 1 aromatic heterocycles. The van der Waals surface area contributed by atoms with E-state index in [-0.39, 0.29) is 38.8 Å². The second-order valence-corrected chi connectivity index (χ2v) is 6.59. The van der Waals surface area contributed by atoms with Crippen molar-refractivity contribution in [3.8, 4) is 11.4 Å². The molecule has 0 aliphatic heterocycles. The van der Waals surface area contributed by atoms with E-state index in [2.05, 4.69) is 0 Å². The SMILES string of the molecule is Cn1c(C(F)(F)F)cc(=O)n(-c2cc(OC3(C(=O)O)CC3)c(Cl)cc2F)c1=O. The fourth-order valence-corrected chi connectivity index (χ4v) is 2.76. The highest BCUT2D eigenvalue weighted by Gasteiger charge is 2.53. The van der Waals surface area contributed by atoms with Crippen molar-refractivity contribution in [3.05, 3.63) is 55.6 Å². The largest absolute Gasteiger partial charge is 0.478 e. The number of aliphatic carboxylic acids is 1. The molecule has 1 N–H and O–H groups in total. The predicted octanol–water partition coefficient (Wildman–Crippen LogP) is 2.34. The Morgan fingerprint density at radius 1 is 1.25 bits per heavy atom. The Morgan fingerprint density at radius 2 is 1.86 bits per heavy atom. The van der Waals surface area contributed by atoms with Gasteiger partial charge in [-0.15, -0.1) is 0 Å². The third-order valence-corrected chi connectivity index (χ3v) is 4.55. The van der Waals surface area contributed by atoms with E-state index >= 15 is 0 Å². The summed E-state index contributed by atoms with van der Waals surface area (Å²) in [5, 5.41) is 8.84. The molecule has 3 rings (SSSR count). The van der Waals surface area contributed by atoms with Crippen LogP contribution >= 0.6 is 11.6 Å². The first-order chi connectivity index (χ1) is 12.9. The lowest BCUT2D eigenvalue weighted by molar-refractivity contribution is -0.147. The third-order valence-electron chi connectivity index (χ3n) is 4.25. The molecular formula is C16H11ClF4N2O5. The summed E-state index contributed by atoms with van der Waals surface area (Å²) in [5.41, 5.74) is -6.67. The molecule has 0 amide bonds. The Labute approximate surface area is 158 Å². The van der Waals surface area contributed by atoms with Crippen LogP contribution in [0.1, 0.15) is 18.5 Å². The van der Waals surface area contributed by atoms with Crippen LogP contribution in [0.25, 0.3) is 5.69 Å². The normalized spacial score (nSPS) is 15.4. The molecule has 0 bridgehead atoms. The van der Waals surface area contributed by atoms with Crippen molar-refractivity contribution in [1.82, 2.24) is 9.13 Å². The number of carboxylic acids is 1. The van der Waals surface area contributed by atoms with Crippen molar-refractivity contribution >= 4 is 17.6 Å². The Hall–Kier alpha value is -2.82. The van der Waals surface area contributed by atoms with E-state index in [1.165, 1.54) is 0 Å². The molecule has 2 aromatic rings. The molecule has 0 saturated heterocycles. The number of carboxylic acid groups (broad SMARTS) is 1. The molecular weight excluding hydrogens is 412 g/mol. The zero-order chi connectivity index (χ0) is 21.0. The van der Waals surface area contributed by atoms with Crippen LogP contribution in [0.15, 0.2) is 27.8 Å². The third kappa shape index (κ3) is 3.26. The van der Waals surface area contributed by atoms with Gasteiger partial charge in [0.15, 0.2) is 0 Å².